The minimum absolute atomic E-state index is 0.123. The molecule has 2 heterocycles. The molecular weight excluding hydrogens is 218 g/mol. The second kappa shape index (κ2) is 4.92. The molecule has 0 saturated carbocycles. The van der Waals surface area contributed by atoms with Gasteiger partial charge in [0.2, 0.25) is 0 Å². The van der Waals surface area contributed by atoms with Crippen LogP contribution in [-0.4, -0.2) is 26.8 Å². The first kappa shape index (κ1) is 11.5. The van der Waals surface area contributed by atoms with Gasteiger partial charge >= 0.3 is 0 Å². The fourth-order valence-electron chi connectivity index (χ4n) is 1.77. The molecule has 0 fully saturated rings. The maximum absolute atomic E-state index is 11.0. The summed E-state index contributed by atoms with van der Waals surface area (Å²) in [6.45, 7) is 2.90. The SMILES string of the molecule is CCn1ccnc1C(NC)c1ccc(=O)[nH]n1. The molecule has 2 N–H and O–H groups in total. The smallest absolute Gasteiger partial charge is 0.264 e. The molecule has 0 spiro atoms. The van der Waals surface area contributed by atoms with Crippen LogP contribution >= 0.6 is 0 Å². The Bertz CT molecular complexity index is 524. The molecule has 0 aliphatic carbocycles. The quantitative estimate of drug-likeness (QED) is 0.796. The predicted molar refractivity (Wildman–Crippen MR) is 63.7 cm³/mol. The van der Waals surface area contributed by atoms with Gasteiger partial charge in [-0.25, -0.2) is 10.1 Å². The Morgan fingerprint density at radius 2 is 2.35 bits per heavy atom. The lowest BCUT2D eigenvalue weighted by atomic mass is 10.2. The molecule has 2 aromatic heterocycles. The molecule has 90 valence electrons. The molecule has 6 nitrogen and oxygen atoms in total. The van der Waals surface area contributed by atoms with Crippen LogP contribution in [0.2, 0.25) is 0 Å². The molecule has 6 heteroatoms. The summed E-state index contributed by atoms with van der Waals surface area (Å²) in [5, 5.41) is 9.61. The van der Waals surface area contributed by atoms with Crippen molar-refractivity contribution < 1.29 is 0 Å². The number of aromatic amines is 1. The van der Waals surface area contributed by atoms with E-state index in [-0.39, 0.29) is 11.6 Å². The van der Waals surface area contributed by atoms with Crippen molar-refractivity contribution in [1.82, 2.24) is 25.1 Å². The summed E-state index contributed by atoms with van der Waals surface area (Å²) in [6.07, 6.45) is 3.68. The van der Waals surface area contributed by atoms with Gasteiger partial charge in [0, 0.05) is 25.0 Å². The molecule has 1 unspecified atom stereocenters. The Kier molecular flexibility index (Phi) is 3.34. The lowest BCUT2D eigenvalue weighted by Gasteiger charge is -2.15. The Labute approximate surface area is 98.7 Å². The van der Waals surface area contributed by atoms with Crippen LogP contribution in [0.1, 0.15) is 24.5 Å². The molecule has 1 atom stereocenters. The van der Waals surface area contributed by atoms with Crippen LogP contribution in [0.3, 0.4) is 0 Å². The van der Waals surface area contributed by atoms with Gasteiger partial charge in [-0.1, -0.05) is 0 Å². The minimum atomic E-state index is -0.206. The normalized spacial score (nSPS) is 12.6. The van der Waals surface area contributed by atoms with Crippen LogP contribution < -0.4 is 10.9 Å². The van der Waals surface area contributed by atoms with Crippen molar-refractivity contribution in [3.05, 3.63) is 46.4 Å². The van der Waals surface area contributed by atoms with E-state index in [4.69, 9.17) is 0 Å². The van der Waals surface area contributed by atoms with Crippen molar-refractivity contribution in [3.63, 3.8) is 0 Å². The topological polar surface area (TPSA) is 75.6 Å². The average Bonchev–Trinajstić information content (AvgIpc) is 2.81. The molecule has 0 radical (unpaired) electrons. The molecule has 0 aromatic carbocycles. The molecule has 2 rings (SSSR count). The Balaban J connectivity index is 2.40. The summed E-state index contributed by atoms with van der Waals surface area (Å²) in [5.41, 5.74) is 0.537. The summed E-state index contributed by atoms with van der Waals surface area (Å²) in [7, 11) is 1.84. The van der Waals surface area contributed by atoms with Crippen molar-refractivity contribution in [2.75, 3.05) is 7.05 Å². The molecular formula is C11H15N5O. The van der Waals surface area contributed by atoms with Crippen molar-refractivity contribution >= 4 is 0 Å². The molecule has 17 heavy (non-hydrogen) atoms. The second-order valence-electron chi connectivity index (χ2n) is 3.64. The highest BCUT2D eigenvalue weighted by Crippen LogP contribution is 2.16. The van der Waals surface area contributed by atoms with Gasteiger partial charge in [-0.2, -0.15) is 5.10 Å². The summed E-state index contributed by atoms with van der Waals surface area (Å²) in [4.78, 5) is 15.3. The molecule has 0 aliphatic rings. The van der Waals surface area contributed by atoms with Gasteiger partial charge in [0.05, 0.1) is 5.69 Å². The van der Waals surface area contributed by atoms with Gasteiger partial charge in [-0.3, -0.25) is 4.79 Å². The number of aromatic nitrogens is 4. The van der Waals surface area contributed by atoms with Crippen LogP contribution in [0.15, 0.2) is 29.3 Å². The largest absolute Gasteiger partial charge is 0.334 e. The second-order valence-corrected chi connectivity index (χ2v) is 3.64. The zero-order valence-electron chi connectivity index (χ0n) is 9.84. The number of aryl methyl sites for hydroxylation is 1. The lowest BCUT2D eigenvalue weighted by Crippen LogP contribution is -2.24. The monoisotopic (exact) mass is 233 g/mol. The summed E-state index contributed by atoms with van der Waals surface area (Å²) >= 11 is 0. The third kappa shape index (κ3) is 2.26. The number of nitrogens with one attached hydrogen (secondary N) is 2. The van der Waals surface area contributed by atoms with Crippen molar-refractivity contribution in [1.29, 1.82) is 0 Å². The third-order valence-corrected chi connectivity index (χ3v) is 2.63. The Morgan fingerprint density at radius 3 is 2.94 bits per heavy atom. The number of hydrogen-bond acceptors (Lipinski definition) is 4. The van der Waals surface area contributed by atoms with E-state index in [1.807, 2.05) is 17.8 Å². The highest BCUT2D eigenvalue weighted by Gasteiger charge is 2.18. The van der Waals surface area contributed by atoms with Crippen LogP contribution in [-0.2, 0) is 6.54 Å². The zero-order chi connectivity index (χ0) is 12.3. The number of nitrogens with zero attached hydrogens (tertiary/aromatic N) is 3. The highest BCUT2D eigenvalue weighted by atomic mass is 16.1. The summed E-state index contributed by atoms with van der Waals surface area (Å²) < 4.78 is 2.04. The summed E-state index contributed by atoms with van der Waals surface area (Å²) in [6, 6.07) is 3.04. The lowest BCUT2D eigenvalue weighted by molar-refractivity contribution is 0.572. The number of imidazole rings is 1. The molecule has 0 aliphatic heterocycles. The Morgan fingerprint density at radius 1 is 1.53 bits per heavy atom. The van der Waals surface area contributed by atoms with E-state index in [2.05, 4.69) is 27.4 Å². The van der Waals surface area contributed by atoms with Crippen LogP contribution in [0.4, 0.5) is 0 Å². The third-order valence-electron chi connectivity index (χ3n) is 2.63. The van der Waals surface area contributed by atoms with Gasteiger partial charge < -0.3 is 9.88 Å². The molecule has 0 bridgehead atoms. The van der Waals surface area contributed by atoms with Gasteiger partial charge in [0.25, 0.3) is 5.56 Å². The fourth-order valence-corrected chi connectivity index (χ4v) is 1.77. The van der Waals surface area contributed by atoms with E-state index >= 15 is 0 Å². The van der Waals surface area contributed by atoms with Crippen molar-refractivity contribution in [3.8, 4) is 0 Å². The standard InChI is InChI=1S/C11H15N5O/c1-3-16-7-6-13-11(16)10(12-2)8-4-5-9(17)15-14-8/h4-7,10,12H,3H2,1-2H3,(H,15,17). The van der Waals surface area contributed by atoms with Gasteiger partial charge in [-0.05, 0) is 20.0 Å². The first-order valence-electron chi connectivity index (χ1n) is 5.50. The zero-order valence-corrected chi connectivity index (χ0v) is 9.84. The first-order chi connectivity index (χ1) is 8.26. The van der Waals surface area contributed by atoms with E-state index in [1.54, 1.807) is 12.3 Å². The van der Waals surface area contributed by atoms with Crippen LogP contribution in [0, 0.1) is 0 Å². The Hall–Kier alpha value is -1.95. The van der Waals surface area contributed by atoms with E-state index < -0.39 is 0 Å². The maximum Gasteiger partial charge on any atom is 0.264 e. The fraction of sp³-hybridized carbons (Fsp3) is 0.364. The van der Waals surface area contributed by atoms with E-state index in [0.717, 1.165) is 18.1 Å². The van der Waals surface area contributed by atoms with Gasteiger partial charge in [-0.15, -0.1) is 0 Å². The molecule has 0 amide bonds. The molecule has 0 saturated heterocycles. The van der Waals surface area contributed by atoms with Crippen LogP contribution in [0.25, 0.3) is 0 Å². The number of H-pyrrole nitrogens is 1. The predicted octanol–water partition coefficient (Wildman–Crippen LogP) is 0.295. The van der Waals surface area contributed by atoms with E-state index in [9.17, 15) is 4.79 Å². The van der Waals surface area contributed by atoms with Gasteiger partial charge in [0.1, 0.15) is 11.9 Å². The number of hydrogen-bond donors (Lipinski definition) is 2. The maximum atomic E-state index is 11.0. The van der Waals surface area contributed by atoms with E-state index in [0.29, 0.717) is 0 Å². The number of rotatable bonds is 4. The van der Waals surface area contributed by atoms with E-state index in [1.165, 1.54) is 6.07 Å². The summed E-state index contributed by atoms with van der Waals surface area (Å²) in [5.74, 6) is 0.884. The highest BCUT2D eigenvalue weighted by molar-refractivity contribution is 5.16. The van der Waals surface area contributed by atoms with Crippen molar-refractivity contribution in [2.45, 2.75) is 19.5 Å². The first-order valence-corrected chi connectivity index (χ1v) is 5.50. The molecule has 2 aromatic rings. The van der Waals surface area contributed by atoms with Crippen LogP contribution in [0.5, 0.6) is 0 Å². The average molecular weight is 233 g/mol. The minimum Gasteiger partial charge on any atom is -0.334 e. The van der Waals surface area contributed by atoms with Crippen molar-refractivity contribution in [2.24, 2.45) is 0 Å². The van der Waals surface area contributed by atoms with Gasteiger partial charge in [0.15, 0.2) is 0 Å².